The predicted molar refractivity (Wildman–Crippen MR) is 53.7 cm³/mol. The van der Waals surface area contributed by atoms with Gasteiger partial charge in [0.15, 0.2) is 0 Å². The molecule has 4 nitrogen and oxygen atoms in total. The second kappa shape index (κ2) is 5.66. The first-order valence-corrected chi connectivity index (χ1v) is 4.57. The molecule has 15 heavy (non-hydrogen) atoms. The maximum absolute atomic E-state index is 10.5. The number of nitrogens with zero attached hydrogens (tertiary/aromatic N) is 1. The molecule has 78 valence electrons. The lowest BCUT2D eigenvalue weighted by Crippen LogP contribution is -1.98. The van der Waals surface area contributed by atoms with Crippen LogP contribution in [0.25, 0.3) is 0 Å². The van der Waals surface area contributed by atoms with Crippen LogP contribution >= 0.6 is 0 Å². The number of carboxylic acids is 1. The van der Waals surface area contributed by atoms with Crippen molar-refractivity contribution in [1.29, 1.82) is 5.26 Å². The zero-order valence-electron chi connectivity index (χ0n) is 8.14. The Bertz CT molecular complexity index is 364. The van der Waals surface area contributed by atoms with Crippen LogP contribution in [-0.2, 0) is 0 Å². The van der Waals surface area contributed by atoms with Crippen molar-refractivity contribution in [3.63, 3.8) is 0 Å². The fraction of sp³-hybridized carbons (Fsp3) is 0.273. The first-order chi connectivity index (χ1) is 7.24. The number of carbonyl (C=O) groups is 1. The van der Waals surface area contributed by atoms with Gasteiger partial charge in [0.25, 0.3) is 0 Å². The molecule has 0 atom stereocenters. The summed E-state index contributed by atoms with van der Waals surface area (Å²) in [5.74, 6) is -0.330. The molecule has 0 spiro atoms. The molecular formula is C11H11NO3. The van der Waals surface area contributed by atoms with E-state index in [2.05, 4.69) is 0 Å². The number of rotatable bonds is 5. The van der Waals surface area contributed by atoms with Gasteiger partial charge in [0, 0.05) is 6.42 Å². The molecule has 1 aromatic carbocycles. The number of aromatic carboxylic acids is 1. The largest absolute Gasteiger partial charge is 0.494 e. The number of carboxylic acid groups (broad SMARTS) is 1. The number of unbranched alkanes of at least 4 members (excludes halogenated alkanes) is 1. The van der Waals surface area contributed by atoms with E-state index in [9.17, 15) is 4.79 Å². The third-order valence-corrected chi connectivity index (χ3v) is 1.80. The van der Waals surface area contributed by atoms with Crippen LogP contribution in [-0.4, -0.2) is 17.7 Å². The molecule has 4 heteroatoms. The summed E-state index contributed by atoms with van der Waals surface area (Å²) in [5.41, 5.74) is 0.236. The molecule has 1 rings (SSSR count). The summed E-state index contributed by atoms with van der Waals surface area (Å²) in [7, 11) is 0. The minimum atomic E-state index is -0.953. The van der Waals surface area contributed by atoms with Crippen molar-refractivity contribution in [3.05, 3.63) is 29.8 Å². The summed E-state index contributed by atoms with van der Waals surface area (Å²) in [6.07, 6.45) is 1.14. The molecule has 0 aromatic heterocycles. The monoisotopic (exact) mass is 205 g/mol. The lowest BCUT2D eigenvalue weighted by molar-refractivity contribution is 0.0697. The summed E-state index contributed by atoms with van der Waals surface area (Å²) in [6, 6.07) is 8.21. The third kappa shape index (κ3) is 3.69. The van der Waals surface area contributed by atoms with Crippen molar-refractivity contribution in [1.82, 2.24) is 0 Å². The van der Waals surface area contributed by atoms with Gasteiger partial charge in [-0.25, -0.2) is 4.79 Å². The second-order valence-electron chi connectivity index (χ2n) is 2.94. The molecule has 0 radical (unpaired) electrons. The van der Waals surface area contributed by atoms with Crippen LogP contribution in [0.4, 0.5) is 0 Å². The first kappa shape index (κ1) is 11.1. The number of nitriles is 1. The predicted octanol–water partition coefficient (Wildman–Crippen LogP) is 2.07. The molecule has 0 amide bonds. The van der Waals surface area contributed by atoms with Crippen LogP contribution in [0.2, 0.25) is 0 Å². The quantitative estimate of drug-likeness (QED) is 0.747. The van der Waals surface area contributed by atoms with Crippen LogP contribution in [0.3, 0.4) is 0 Å². The fourth-order valence-corrected chi connectivity index (χ4v) is 1.03. The van der Waals surface area contributed by atoms with E-state index in [1.807, 2.05) is 6.07 Å². The van der Waals surface area contributed by atoms with Gasteiger partial charge < -0.3 is 9.84 Å². The molecule has 0 aliphatic heterocycles. The maximum Gasteiger partial charge on any atom is 0.335 e. The first-order valence-electron chi connectivity index (χ1n) is 4.57. The van der Waals surface area contributed by atoms with Crippen LogP contribution in [0, 0.1) is 11.3 Å². The van der Waals surface area contributed by atoms with E-state index in [-0.39, 0.29) is 5.56 Å². The molecule has 0 fully saturated rings. The summed E-state index contributed by atoms with van der Waals surface area (Å²) in [4.78, 5) is 10.5. The van der Waals surface area contributed by atoms with Gasteiger partial charge in [-0.2, -0.15) is 5.26 Å². The molecule has 1 aromatic rings. The average molecular weight is 205 g/mol. The zero-order valence-corrected chi connectivity index (χ0v) is 8.14. The fourth-order valence-electron chi connectivity index (χ4n) is 1.03. The highest BCUT2D eigenvalue weighted by atomic mass is 16.5. The van der Waals surface area contributed by atoms with E-state index in [0.717, 1.165) is 0 Å². The molecule has 0 aliphatic rings. The second-order valence-corrected chi connectivity index (χ2v) is 2.94. The van der Waals surface area contributed by atoms with Crippen molar-refractivity contribution >= 4 is 5.97 Å². The topological polar surface area (TPSA) is 70.3 Å². The molecule has 0 heterocycles. The van der Waals surface area contributed by atoms with E-state index >= 15 is 0 Å². The Hall–Kier alpha value is -2.02. The number of ether oxygens (including phenoxy) is 1. The van der Waals surface area contributed by atoms with Crippen LogP contribution < -0.4 is 4.74 Å². The highest BCUT2D eigenvalue weighted by molar-refractivity contribution is 5.87. The van der Waals surface area contributed by atoms with Crippen LogP contribution in [0.15, 0.2) is 24.3 Å². The van der Waals surface area contributed by atoms with E-state index in [0.29, 0.717) is 25.2 Å². The number of benzene rings is 1. The van der Waals surface area contributed by atoms with Crippen molar-refractivity contribution in [3.8, 4) is 11.8 Å². The molecule has 1 N–H and O–H groups in total. The third-order valence-electron chi connectivity index (χ3n) is 1.80. The molecule has 0 saturated carbocycles. The van der Waals surface area contributed by atoms with Gasteiger partial charge in [-0.1, -0.05) is 0 Å². The normalized spacial score (nSPS) is 9.27. The zero-order chi connectivity index (χ0) is 11.1. The minimum Gasteiger partial charge on any atom is -0.494 e. The van der Waals surface area contributed by atoms with Crippen molar-refractivity contribution < 1.29 is 14.6 Å². The van der Waals surface area contributed by atoms with Gasteiger partial charge >= 0.3 is 5.97 Å². The van der Waals surface area contributed by atoms with E-state index in [4.69, 9.17) is 15.1 Å². The smallest absolute Gasteiger partial charge is 0.335 e. The SMILES string of the molecule is N#CCCCOc1ccc(C(=O)O)cc1. The summed E-state index contributed by atoms with van der Waals surface area (Å²) in [6.45, 7) is 0.472. The Morgan fingerprint density at radius 1 is 1.40 bits per heavy atom. The minimum absolute atomic E-state index is 0.236. The van der Waals surface area contributed by atoms with Crippen molar-refractivity contribution in [2.24, 2.45) is 0 Å². The Morgan fingerprint density at radius 3 is 2.60 bits per heavy atom. The standard InChI is InChI=1S/C11H11NO3/c12-7-1-2-8-15-10-5-3-9(4-6-10)11(13)14/h3-6H,1-2,8H2,(H,13,14). The lowest BCUT2D eigenvalue weighted by atomic mass is 10.2. The lowest BCUT2D eigenvalue weighted by Gasteiger charge is -2.04. The highest BCUT2D eigenvalue weighted by Crippen LogP contribution is 2.12. The molecule has 0 aliphatic carbocycles. The molecular weight excluding hydrogens is 194 g/mol. The Morgan fingerprint density at radius 2 is 2.07 bits per heavy atom. The Labute approximate surface area is 87.7 Å². The van der Waals surface area contributed by atoms with Gasteiger partial charge in [0.2, 0.25) is 0 Å². The molecule has 0 saturated heterocycles. The summed E-state index contributed by atoms with van der Waals surface area (Å²) < 4.78 is 5.30. The number of hydrogen-bond acceptors (Lipinski definition) is 3. The summed E-state index contributed by atoms with van der Waals surface area (Å²) in [5, 5.41) is 16.9. The Balaban J connectivity index is 2.43. The van der Waals surface area contributed by atoms with Gasteiger partial charge in [-0.3, -0.25) is 0 Å². The summed E-state index contributed by atoms with van der Waals surface area (Å²) >= 11 is 0. The van der Waals surface area contributed by atoms with Gasteiger partial charge in [0.1, 0.15) is 5.75 Å². The molecule has 0 bridgehead atoms. The van der Waals surface area contributed by atoms with Gasteiger partial charge in [-0.05, 0) is 30.7 Å². The van der Waals surface area contributed by atoms with Gasteiger partial charge in [0.05, 0.1) is 18.2 Å². The van der Waals surface area contributed by atoms with Crippen LogP contribution in [0.1, 0.15) is 23.2 Å². The van der Waals surface area contributed by atoms with E-state index in [1.165, 1.54) is 12.1 Å². The number of hydrogen-bond donors (Lipinski definition) is 1. The Kier molecular flexibility index (Phi) is 4.17. The average Bonchev–Trinajstić information content (AvgIpc) is 2.25. The van der Waals surface area contributed by atoms with E-state index in [1.54, 1.807) is 12.1 Å². The van der Waals surface area contributed by atoms with Crippen molar-refractivity contribution in [2.75, 3.05) is 6.61 Å². The van der Waals surface area contributed by atoms with Gasteiger partial charge in [-0.15, -0.1) is 0 Å². The van der Waals surface area contributed by atoms with Crippen molar-refractivity contribution in [2.45, 2.75) is 12.8 Å². The highest BCUT2D eigenvalue weighted by Gasteiger charge is 2.01. The maximum atomic E-state index is 10.5. The van der Waals surface area contributed by atoms with Crippen LogP contribution in [0.5, 0.6) is 5.75 Å². The van der Waals surface area contributed by atoms with E-state index < -0.39 is 5.97 Å². The molecule has 0 unspecified atom stereocenters.